The van der Waals surface area contributed by atoms with Crippen LogP contribution in [0.5, 0.6) is 0 Å². The predicted molar refractivity (Wildman–Crippen MR) is 118 cm³/mol. The number of rotatable bonds is 6. The molecule has 1 unspecified atom stereocenters. The van der Waals surface area contributed by atoms with E-state index < -0.39 is 27.7 Å². The fourth-order valence-corrected chi connectivity index (χ4v) is 4.72. The molecule has 0 saturated carbocycles. The zero-order valence-electron chi connectivity index (χ0n) is 17.9. The maximum absolute atomic E-state index is 12.9. The van der Waals surface area contributed by atoms with Gasteiger partial charge in [-0.25, -0.2) is 0 Å². The Labute approximate surface area is 185 Å². The van der Waals surface area contributed by atoms with Crippen LogP contribution < -0.4 is 10.2 Å². The molecule has 1 aliphatic heterocycles. The minimum atomic E-state index is -4.50. The quantitative estimate of drug-likeness (QED) is 0.624. The summed E-state index contributed by atoms with van der Waals surface area (Å²) in [6.07, 6.45) is -2.99. The van der Waals surface area contributed by atoms with E-state index in [9.17, 15) is 26.4 Å². The molecule has 1 heterocycles. The maximum atomic E-state index is 12.9. The van der Waals surface area contributed by atoms with Gasteiger partial charge >= 0.3 is 6.18 Å². The summed E-state index contributed by atoms with van der Waals surface area (Å²) in [6.45, 7) is 6.44. The summed E-state index contributed by atoms with van der Waals surface area (Å²) in [4.78, 5) is 14.3. The van der Waals surface area contributed by atoms with Crippen molar-refractivity contribution in [3.05, 3.63) is 53.6 Å². The fraction of sp³-hybridized carbons (Fsp3) is 0.364. The summed E-state index contributed by atoms with van der Waals surface area (Å²) >= 11 is 0. The first-order valence-corrected chi connectivity index (χ1v) is 11.7. The highest BCUT2D eigenvalue weighted by molar-refractivity contribution is 7.90. The number of carbonyl (C=O) groups excluding carboxylic acids is 1. The van der Waals surface area contributed by atoms with Crippen molar-refractivity contribution in [1.29, 1.82) is 0 Å². The molecule has 0 radical (unpaired) electrons. The second-order valence-corrected chi connectivity index (χ2v) is 9.17. The van der Waals surface area contributed by atoms with Gasteiger partial charge in [0.15, 0.2) is 0 Å². The van der Waals surface area contributed by atoms with Crippen molar-refractivity contribution >= 4 is 33.1 Å². The van der Waals surface area contributed by atoms with Crippen LogP contribution in [0.3, 0.4) is 0 Å². The summed E-state index contributed by atoms with van der Waals surface area (Å²) in [6, 6.07) is 8.28. The number of alkyl halides is 3. The van der Waals surface area contributed by atoms with Crippen LogP contribution in [-0.2, 0) is 16.2 Å². The van der Waals surface area contributed by atoms with E-state index >= 15 is 0 Å². The SMILES string of the molecule is CCCN1C(C(C)CC)=NS(=O)(=O)c2cc(NC(=O)c3ccc(C(F)(F)F)cc3)ccc21. The molecule has 0 aliphatic carbocycles. The molecule has 1 aliphatic rings. The number of anilines is 2. The van der Waals surface area contributed by atoms with Crippen molar-refractivity contribution in [2.75, 3.05) is 16.8 Å². The largest absolute Gasteiger partial charge is 0.416 e. The van der Waals surface area contributed by atoms with E-state index in [2.05, 4.69) is 9.71 Å². The lowest BCUT2D eigenvalue weighted by Crippen LogP contribution is -2.40. The van der Waals surface area contributed by atoms with Gasteiger partial charge in [0.2, 0.25) is 0 Å². The van der Waals surface area contributed by atoms with Crippen LogP contribution in [0.15, 0.2) is 51.8 Å². The van der Waals surface area contributed by atoms with E-state index in [0.29, 0.717) is 18.1 Å². The summed E-state index contributed by atoms with van der Waals surface area (Å²) in [7, 11) is -3.97. The van der Waals surface area contributed by atoms with Gasteiger partial charge in [0, 0.05) is 23.7 Å². The van der Waals surface area contributed by atoms with Crippen LogP contribution in [0, 0.1) is 5.92 Å². The topological polar surface area (TPSA) is 78.8 Å². The van der Waals surface area contributed by atoms with Crippen molar-refractivity contribution in [2.24, 2.45) is 10.3 Å². The molecule has 1 N–H and O–H groups in total. The van der Waals surface area contributed by atoms with Gasteiger partial charge in [-0.05, 0) is 55.3 Å². The maximum Gasteiger partial charge on any atom is 0.416 e. The Morgan fingerprint density at radius 3 is 2.34 bits per heavy atom. The van der Waals surface area contributed by atoms with Crippen molar-refractivity contribution in [1.82, 2.24) is 0 Å². The zero-order chi connectivity index (χ0) is 23.7. The van der Waals surface area contributed by atoms with E-state index in [0.717, 1.165) is 37.1 Å². The number of nitrogens with zero attached hydrogens (tertiary/aromatic N) is 2. The molecule has 0 bridgehead atoms. The van der Waals surface area contributed by atoms with Crippen molar-refractivity contribution in [2.45, 2.75) is 44.7 Å². The molecular formula is C22H24F3N3O3S. The van der Waals surface area contributed by atoms with Crippen LogP contribution in [0.4, 0.5) is 24.5 Å². The lowest BCUT2D eigenvalue weighted by Gasteiger charge is -2.33. The molecule has 6 nitrogen and oxygen atoms in total. The minimum absolute atomic E-state index is 0.0169. The Morgan fingerprint density at radius 2 is 1.78 bits per heavy atom. The van der Waals surface area contributed by atoms with Gasteiger partial charge in [0.25, 0.3) is 15.9 Å². The van der Waals surface area contributed by atoms with Gasteiger partial charge < -0.3 is 10.2 Å². The second-order valence-electron chi connectivity index (χ2n) is 7.60. The van der Waals surface area contributed by atoms with Gasteiger partial charge in [-0.1, -0.05) is 20.8 Å². The number of benzene rings is 2. The Bertz CT molecular complexity index is 1140. The summed E-state index contributed by atoms with van der Waals surface area (Å²) < 4.78 is 67.9. The summed E-state index contributed by atoms with van der Waals surface area (Å²) in [5.74, 6) is -0.215. The van der Waals surface area contributed by atoms with Crippen LogP contribution >= 0.6 is 0 Å². The summed E-state index contributed by atoms with van der Waals surface area (Å²) in [5, 5.41) is 2.54. The molecule has 1 amide bonds. The molecule has 1 atom stereocenters. The number of amides is 1. The molecule has 3 rings (SSSR count). The first kappa shape index (κ1) is 23.8. The second kappa shape index (κ2) is 8.93. The Morgan fingerprint density at radius 1 is 1.12 bits per heavy atom. The molecule has 0 spiro atoms. The zero-order valence-corrected chi connectivity index (χ0v) is 18.7. The first-order valence-electron chi connectivity index (χ1n) is 10.2. The van der Waals surface area contributed by atoms with Crippen LogP contribution in [0.25, 0.3) is 0 Å². The lowest BCUT2D eigenvalue weighted by atomic mass is 10.1. The Kier molecular flexibility index (Phi) is 6.64. The minimum Gasteiger partial charge on any atom is -0.328 e. The van der Waals surface area contributed by atoms with Gasteiger partial charge in [0.1, 0.15) is 10.7 Å². The Balaban J connectivity index is 1.92. The van der Waals surface area contributed by atoms with Crippen LogP contribution in [0.2, 0.25) is 0 Å². The number of hydrogen-bond donors (Lipinski definition) is 1. The molecular weight excluding hydrogens is 443 g/mol. The first-order chi connectivity index (χ1) is 15.0. The molecule has 0 saturated heterocycles. The van der Waals surface area contributed by atoms with Gasteiger partial charge in [-0.15, -0.1) is 4.40 Å². The average Bonchev–Trinajstić information content (AvgIpc) is 2.74. The third-order valence-corrected chi connectivity index (χ3v) is 6.56. The number of carbonyl (C=O) groups is 1. The molecule has 0 aromatic heterocycles. The third-order valence-electron chi connectivity index (χ3n) is 5.25. The highest BCUT2D eigenvalue weighted by Crippen LogP contribution is 2.36. The van der Waals surface area contributed by atoms with Crippen molar-refractivity contribution in [3.63, 3.8) is 0 Å². The van der Waals surface area contributed by atoms with E-state index in [-0.39, 0.29) is 22.1 Å². The third kappa shape index (κ3) is 4.79. The summed E-state index contributed by atoms with van der Waals surface area (Å²) in [5.41, 5.74) is -0.149. The van der Waals surface area contributed by atoms with Gasteiger partial charge in [-0.2, -0.15) is 21.6 Å². The van der Waals surface area contributed by atoms with Gasteiger partial charge in [0.05, 0.1) is 11.3 Å². The number of halogens is 3. The highest BCUT2D eigenvalue weighted by atomic mass is 32.2. The molecule has 0 fully saturated rings. The fourth-order valence-electron chi connectivity index (χ4n) is 3.38. The van der Waals surface area contributed by atoms with Crippen molar-refractivity contribution < 1.29 is 26.4 Å². The average molecular weight is 468 g/mol. The van der Waals surface area contributed by atoms with E-state index in [1.165, 1.54) is 6.07 Å². The normalized spacial score (nSPS) is 16.2. The van der Waals surface area contributed by atoms with E-state index in [4.69, 9.17) is 0 Å². The number of hydrogen-bond acceptors (Lipinski definition) is 4. The molecule has 10 heteroatoms. The monoisotopic (exact) mass is 467 g/mol. The standard InChI is InChI=1S/C22H24F3N3O3S/c1-4-12-28-18-11-10-17(13-19(18)32(30,31)27-20(28)14(3)5-2)26-21(29)15-6-8-16(9-7-15)22(23,24)25/h6-11,13-14H,4-5,12H2,1-3H3,(H,26,29). The van der Waals surface area contributed by atoms with Crippen molar-refractivity contribution in [3.8, 4) is 0 Å². The number of amidine groups is 1. The molecule has 2 aromatic carbocycles. The van der Waals surface area contributed by atoms with Gasteiger partial charge in [-0.3, -0.25) is 4.79 Å². The Hall–Kier alpha value is -2.88. The highest BCUT2D eigenvalue weighted by Gasteiger charge is 2.33. The van der Waals surface area contributed by atoms with E-state index in [1.54, 1.807) is 12.1 Å². The predicted octanol–water partition coefficient (Wildman–Crippen LogP) is 5.32. The lowest BCUT2D eigenvalue weighted by molar-refractivity contribution is -0.137. The number of nitrogens with one attached hydrogen (secondary N) is 1. The van der Waals surface area contributed by atoms with E-state index in [1.807, 2.05) is 25.7 Å². The smallest absolute Gasteiger partial charge is 0.328 e. The van der Waals surface area contributed by atoms with Crippen LogP contribution in [-0.4, -0.2) is 26.7 Å². The van der Waals surface area contributed by atoms with Crippen LogP contribution in [0.1, 0.15) is 49.5 Å². The number of fused-ring (bicyclic) bond motifs is 1. The molecule has 172 valence electrons. The molecule has 32 heavy (non-hydrogen) atoms. The number of sulfonamides is 1. The molecule has 2 aromatic rings.